The summed E-state index contributed by atoms with van der Waals surface area (Å²) in [5.41, 5.74) is 6.64. The number of anilines is 1. The summed E-state index contributed by atoms with van der Waals surface area (Å²) in [6.07, 6.45) is -0.719. The van der Waals surface area contributed by atoms with E-state index in [9.17, 15) is 8.42 Å². The summed E-state index contributed by atoms with van der Waals surface area (Å²) in [6.45, 7) is 3.18. The Morgan fingerprint density at radius 3 is 2.62 bits per heavy atom. The Morgan fingerprint density at radius 2 is 2.12 bits per heavy atom. The predicted molar refractivity (Wildman–Crippen MR) is 62.5 cm³/mol. The standard InChI is InChI=1S/C10H16N2O3S/c1-7-5-9(11)3-4-10(7)16(14,15)12-6-8(2)13/h3-5,8,12-13H,6,11H2,1-2H3/t8-/m0/s1. The van der Waals surface area contributed by atoms with Gasteiger partial charge in [-0.3, -0.25) is 0 Å². The number of aryl methyl sites for hydroxylation is 1. The summed E-state index contributed by atoms with van der Waals surface area (Å²) in [6, 6.07) is 4.58. The van der Waals surface area contributed by atoms with E-state index in [2.05, 4.69) is 4.72 Å². The summed E-state index contributed by atoms with van der Waals surface area (Å²) in [5.74, 6) is 0. The van der Waals surface area contributed by atoms with E-state index < -0.39 is 16.1 Å². The van der Waals surface area contributed by atoms with Crippen molar-refractivity contribution in [1.82, 2.24) is 4.72 Å². The Labute approximate surface area is 95.3 Å². The molecule has 90 valence electrons. The van der Waals surface area contributed by atoms with E-state index in [0.717, 1.165) is 0 Å². The first-order chi connectivity index (χ1) is 7.33. The molecule has 4 N–H and O–H groups in total. The Morgan fingerprint density at radius 1 is 1.50 bits per heavy atom. The van der Waals surface area contributed by atoms with Crippen LogP contribution in [0.25, 0.3) is 0 Å². The largest absolute Gasteiger partial charge is 0.399 e. The van der Waals surface area contributed by atoms with Crippen molar-refractivity contribution in [3.05, 3.63) is 23.8 Å². The summed E-state index contributed by atoms with van der Waals surface area (Å²) in [5, 5.41) is 9.03. The number of aliphatic hydroxyl groups excluding tert-OH is 1. The highest BCUT2D eigenvalue weighted by Crippen LogP contribution is 2.17. The molecule has 1 rings (SSSR count). The zero-order chi connectivity index (χ0) is 12.3. The van der Waals surface area contributed by atoms with Gasteiger partial charge in [-0.25, -0.2) is 13.1 Å². The van der Waals surface area contributed by atoms with Crippen molar-refractivity contribution in [1.29, 1.82) is 0 Å². The number of nitrogens with two attached hydrogens (primary N) is 1. The van der Waals surface area contributed by atoms with Crippen LogP contribution < -0.4 is 10.5 Å². The second kappa shape index (κ2) is 4.82. The van der Waals surface area contributed by atoms with Crippen LogP contribution in [0.4, 0.5) is 5.69 Å². The first-order valence-corrected chi connectivity index (χ1v) is 6.35. The lowest BCUT2D eigenvalue weighted by Gasteiger charge is -2.10. The SMILES string of the molecule is Cc1cc(N)ccc1S(=O)(=O)NC[C@H](C)O. The summed E-state index contributed by atoms with van der Waals surface area (Å²) < 4.78 is 25.9. The molecule has 0 heterocycles. The van der Waals surface area contributed by atoms with Crippen LogP contribution >= 0.6 is 0 Å². The van der Waals surface area contributed by atoms with E-state index in [0.29, 0.717) is 11.3 Å². The number of benzene rings is 1. The summed E-state index contributed by atoms with van der Waals surface area (Å²) in [4.78, 5) is 0.183. The van der Waals surface area contributed by atoms with Gasteiger partial charge >= 0.3 is 0 Å². The van der Waals surface area contributed by atoms with Crippen molar-refractivity contribution >= 4 is 15.7 Å². The molecule has 0 radical (unpaired) electrons. The van der Waals surface area contributed by atoms with Crippen LogP contribution in [0.1, 0.15) is 12.5 Å². The average Bonchev–Trinajstić information content (AvgIpc) is 2.14. The highest BCUT2D eigenvalue weighted by atomic mass is 32.2. The first-order valence-electron chi connectivity index (χ1n) is 4.87. The van der Waals surface area contributed by atoms with Crippen LogP contribution in [-0.2, 0) is 10.0 Å². The number of nitrogens with one attached hydrogen (secondary N) is 1. The quantitative estimate of drug-likeness (QED) is 0.661. The van der Waals surface area contributed by atoms with Gasteiger partial charge in [0.05, 0.1) is 11.0 Å². The molecule has 1 aromatic rings. The average molecular weight is 244 g/mol. The fourth-order valence-corrected chi connectivity index (χ4v) is 2.63. The summed E-state index contributed by atoms with van der Waals surface area (Å²) in [7, 11) is -3.57. The van der Waals surface area contributed by atoms with E-state index in [-0.39, 0.29) is 11.4 Å². The van der Waals surface area contributed by atoms with Crippen LogP contribution in [0.3, 0.4) is 0 Å². The monoisotopic (exact) mass is 244 g/mol. The van der Waals surface area contributed by atoms with Crippen LogP contribution in [0.2, 0.25) is 0 Å². The molecular formula is C10H16N2O3S. The van der Waals surface area contributed by atoms with Crippen LogP contribution in [-0.4, -0.2) is 26.2 Å². The van der Waals surface area contributed by atoms with Gasteiger partial charge in [0, 0.05) is 12.2 Å². The van der Waals surface area contributed by atoms with E-state index in [1.54, 1.807) is 13.0 Å². The maximum absolute atomic E-state index is 11.8. The zero-order valence-electron chi connectivity index (χ0n) is 9.27. The van der Waals surface area contributed by atoms with Gasteiger partial charge < -0.3 is 10.8 Å². The van der Waals surface area contributed by atoms with Crippen molar-refractivity contribution in [2.75, 3.05) is 12.3 Å². The molecule has 1 aromatic carbocycles. The number of rotatable bonds is 4. The van der Waals surface area contributed by atoms with Crippen LogP contribution in [0.5, 0.6) is 0 Å². The van der Waals surface area contributed by atoms with Gasteiger partial charge in [0.15, 0.2) is 0 Å². The fraction of sp³-hybridized carbons (Fsp3) is 0.400. The number of aliphatic hydroxyl groups is 1. The van der Waals surface area contributed by atoms with E-state index in [1.165, 1.54) is 19.1 Å². The number of hydrogen-bond acceptors (Lipinski definition) is 4. The van der Waals surface area contributed by atoms with Gasteiger partial charge in [-0.05, 0) is 37.6 Å². The molecule has 0 aliphatic carbocycles. The Balaban J connectivity index is 2.99. The molecule has 0 unspecified atom stereocenters. The van der Waals surface area contributed by atoms with Crippen LogP contribution in [0, 0.1) is 6.92 Å². The third-order valence-corrected chi connectivity index (χ3v) is 3.64. The third kappa shape index (κ3) is 3.19. The number of sulfonamides is 1. The Hall–Kier alpha value is -1.11. The molecular weight excluding hydrogens is 228 g/mol. The van der Waals surface area contributed by atoms with Crippen molar-refractivity contribution in [2.45, 2.75) is 24.8 Å². The summed E-state index contributed by atoms with van der Waals surface area (Å²) >= 11 is 0. The van der Waals surface area contributed by atoms with Gasteiger partial charge in [-0.1, -0.05) is 0 Å². The molecule has 5 nitrogen and oxygen atoms in total. The Kier molecular flexibility index (Phi) is 3.90. The zero-order valence-corrected chi connectivity index (χ0v) is 10.1. The molecule has 0 fully saturated rings. The number of nitrogen functional groups attached to an aromatic ring is 1. The topological polar surface area (TPSA) is 92.4 Å². The van der Waals surface area contributed by atoms with Gasteiger partial charge in [0.1, 0.15) is 0 Å². The molecule has 16 heavy (non-hydrogen) atoms. The van der Waals surface area contributed by atoms with Gasteiger partial charge in [-0.15, -0.1) is 0 Å². The van der Waals surface area contributed by atoms with Gasteiger partial charge in [0.2, 0.25) is 10.0 Å². The molecule has 0 spiro atoms. The maximum Gasteiger partial charge on any atom is 0.240 e. The lowest BCUT2D eigenvalue weighted by molar-refractivity contribution is 0.198. The van der Waals surface area contributed by atoms with Gasteiger partial charge in [-0.2, -0.15) is 0 Å². The van der Waals surface area contributed by atoms with Crippen LogP contribution in [0.15, 0.2) is 23.1 Å². The lowest BCUT2D eigenvalue weighted by atomic mass is 10.2. The van der Waals surface area contributed by atoms with Crippen molar-refractivity contribution in [3.63, 3.8) is 0 Å². The minimum Gasteiger partial charge on any atom is -0.399 e. The second-order valence-corrected chi connectivity index (χ2v) is 5.46. The minimum atomic E-state index is -3.57. The molecule has 0 amide bonds. The highest BCUT2D eigenvalue weighted by molar-refractivity contribution is 7.89. The maximum atomic E-state index is 11.8. The second-order valence-electron chi connectivity index (χ2n) is 3.73. The van der Waals surface area contributed by atoms with Crippen molar-refractivity contribution in [3.8, 4) is 0 Å². The Bertz CT molecular complexity index is 469. The predicted octanol–water partition coefficient (Wildman–Crippen LogP) is 0.236. The smallest absolute Gasteiger partial charge is 0.240 e. The molecule has 6 heteroatoms. The van der Waals surface area contributed by atoms with Gasteiger partial charge in [0.25, 0.3) is 0 Å². The van der Waals surface area contributed by atoms with Crippen molar-refractivity contribution in [2.24, 2.45) is 0 Å². The molecule has 0 aliphatic rings. The lowest BCUT2D eigenvalue weighted by Crippen LogP contribution is -2.31. The number of hydrogen-bond donors (Lipinski definition) is 3. The minimum absolute atomic E-state index is 0.00779. The molecule has 0 saturated carbocycles. The highest BCUT2D eigenvalue weighted by Gasteiger charge is 2.16. The molecule has 1 atom stereocenters. The van der Waals surface area contributed by atoms with E-state index in [4.69, 9.17) is 10.8 Å². The molecule has 0 aliphatic heterocycles. The molecule has 0 saturated heterocycles. The first kappa shape index (κ1) is 13.0. The fourth-order valence-electron chi connectivity index (χ4n) is 1.28. The third-order valence-electron chi connectivity index (χ3n) is 2.06. The normalized spacial score (nSPS) is 13.7. The molecule has 0 bridgehead atoms. The van der Waals surface area contributed by atoms with Crippen molar-refractivity contribution < 1.29 is 13.5 Å². The molecule has 0 aromatic heterocycles. The van der Waals surface area contributed by atoms with E-state index in [1.807, 2.05) is 0 Å². The van der Waals surface area contributed by atoms with E-state index >= 15 is 0 Å².